The lowest BCUT2D eigenvalue weighted by atomic mass is 9.94. The van der Waals surface area contributed by atoms with Gasteiger partial charge in [0.15, 0.2) is 5.11 Å². The second-order valence-electron chi connectivity index (χ2n) is 8.78. The highest BCUT2D eigenvalue weighted by Crippen LogP contribution is 2.39. The first-order valence-corrected chi connectivity index (χ1v) is 12.4. The molecule has 1 aliphatic heterocycles. The highest BCUT2D eigenvalue weighted by molar-refractivity contribution is 7.80. The Morgan fingerprint density at radius 2 is 1.72 bits per heavy atom. The Kier molecular flexibility index (Phi) is 6.57. The smallest absolute Gasteiger partial charge is 0.258 e. The number of hydrogen-bond acceptors (Lipinski definition) is 5. The second-order valence-corrected chi connectivity index (χ2v) is 9.16. The van der Waals surface area contributed by atoms with Crippen molar-refractivity contribution in [3.05, 3.63) is 101 Å². The first-order chi connectivity index (χ1) is 17.5. The monoisotopic (exact) mass is 496 g/mol. The van der Waals surface area contributed by atoms with Gasteiger partial charge in [-0.3, -0.25) is 4.90 Å². The standard InChI is InChI=1S/C29H28N4O2S/c1-5-34-24-15-12-21(13-16-24)26-25(28-31-27(32-35-28)22-9-7-6-8-10-22)20(4)33(29(36)30-26)23-14-11-18(2)19(3)17-23/h6-17,26H,5H2,1-4H3,(H,30,36). The van der Waals surface area contributed by atoms with E-state index in [1.165, 1.54) is 11.1 Å². The third kappa shape index (κ3) is 4.50. The Morgan fingerprint density at radius 1 is 0.972 bits per heavy atom. The van der Waals surface area contributed by atoms with Gasteiger partial charge in [0, 0.05) is 16.9 Å². The molecule has 7 heteroatoms. The van der Waals surface area contributed by atoms with Crippen LogP contribution in [-0.4, -0.2) is 21.9 Å². The molecule has 182 valence electrons. The van der Waals surface area contributed by atoms with Crippen molar-refractivity contribution < 1.29 is 9.26 Å². The molecule has 2 heterocycles. The number of nitrogens with one attached hydrogen (secondary N) is 1. The lowest BCUT2D eigenvalue weighted by Gasteiger charge is -2.37. The summed E-state index contributed by atoms with van der Waals surface area (Å²) in [5.41, 5.74) is 7.14. The average Bonchev–Trinajstić information content (AvgIpc) is 3.37. The molecule has 0 aliphatic carbocycles. The van der Waals surface area contributed by atoms with E-state index in [9.17, 15) is 0 Å². The molecule has 36 heavy (non-hydrogen) atoms. The van der Waals surface area contributed by atoms with Crippen LogP contribution in [0.1, 0.15) is 42.5 Å². The molecule has 0 bridgehead atoms. The van der Waals surface area contributed by atoms with Crippen LogP contribution in [0, 0.1) is 13.8 Å². The van der Waals surface area contributed by atoms with E-state index in [0.717, 1.165) is 33.8 Å². The van der Waals surface area contributed by atoms with Crippen LogP contribution in [0.2, 0.25) is 0 Å². The Labute approximate surface area is 216 Å². The Bertz CT molecular complexity index is 1430. The number of ether oxygens (including phenoxy) is 1. The molecule has 1 unspecified atom stereocenters. The number of thiocarbonyl (C=S) groups is 1. The van der Waals surface area contributed by atoms with Crippen LogP contribution in [0.4, 0.5) is 5.69 Å². The minimum atomic E-state index is -0.264. The number of aryl methyl sites for hydroxylation is 2. The first-order valence-electron chi connectivity index (χ1n) is 12.0. The van der Waals surface area contributed by atoms with E-state index in [1.54, 1.807) is 0 Å². The molecule has 0 radical (unpaired) electrons. The lowest BCUT2D eigenvalue weighted by molar-refractivity contribution is 0.340. The van der Waals surface area contributed by atoms with Gasteiger partial charge in [0.25, 0.3) is 5.89 Å². The van der Waals surface area contributed by atoms with Gasteiger partial charge in [-0.25, -0.2) is 0 Å². The van der Waals surface area contributed by atoms with E-state index in [1.807, 2.05) is 73.3 Å². The molecule has 0 saturated heterocycles. The maximum absolute atomic E-state index is 5.88. The number of nitrogens with zero attached hydrogens (tertiary/aromatic N) is 3. The Hall–Kier alpha value is -3.97. The summed E-state index contributed by atoms with van der Waals surface area (Å²) in [6.07, 6.45) is 0. The van der Waals surface area contributed by atoms with Gasteiger partial charge in [0.2, 0.25) is 5.82 Å². The summed E-state index contributed by atoms with van der Waals surface area (Å²) in [6.45, 7) is 8.84. The van der Waals surface area contributed by atoms with Gasteiger partial charge < -0.3 is 14.6 Å². The van der Waals surface area contributed by atoms with Crippen LogP contribution in [0.3, 0.4) is 0 Å². The second kappa shape index (κ2) is 9.95. The zero-order valence-electron chi connectivity index (χ0n) is 20.8. The number of anilines is 1. The quantitative estimate of drug-likeness (QED) is 0.301. The predicted octanol–water partition coefficient (Wildman–Crippen LogP) is 6.62. The minimum Gasteiger partial charge on any atom is -0.494 e. The SMILES string of the molecule is CCOc1ccc(C2NC(=S)N(c3ccc(C)c(C)c3)C(C)=C2c2nc(-c3ccccc3)no2)cc1. The van der Waals surface area contributed by atoms with Crippen molar-refractivity contribution in [2.45, 2.75) is 33.7 Å². The van der Waals surface area contributed by atoms with E-state index in [0.29, 0.717) is 23.4 Å². The molecule has 1 aromatic heterocycles. The third-order valence-corrected chi connectivity index (χ3v) is 6.75. The fourth-order valence-corrected chi connectivity index (χ4v) is 4.77. The van der Waals surface area contributed by atoms with Gasteiger partial charge in [-0.2, -0.15) is 4.98 Å². The molecule has 1 atom stereocenters. The molecule has 6 nitrogen and oxygen atoms in total. The fourth-order valence-electron chi connectivity index (χ4n) is 4.41. The highest BCUT2D eigenvalue weighted by atomic mass is 32.1. The molecule has 0 saturated carbocycles. The summed E-state index contributed by atoms with van der Waals surface area (Å²) in [7, 11) is 0. The molecule has 1 aliphatic rings. The molecule has 0 amide bonds. The van der Waals surface area contributed by atoms with Crippen LogP contribution >= 0.6 is 12.2 Å². The Balaban J connectivity index is 1.63. The molecular formula is C29H28N4O2S. The van der Waals surface area contributed by atoms with Crippen LogP contribution in [0.15, 0.2) is 83.0 Å². The summed E-state index contributed by atoms with van der Waals surface area (Å²) in [4.78, 5) is 6.83. The van der Waals surface area contributed by atoms with Gasteiger partial charge >= 0.3 is 0 Å². The van der Waals surface area contributed by atoms with Crippen molar-refractivity contribution in [1.29, 1.82) is 0 Å². The molecule has 3 aromatic carbocycles. The van der Waals surface area contributed by atoms with Gasteiger partial charge in [-0.1, -0.05) is 53.7 Å². The van der Waals surface area contributed by atoms with Crippen molar-refractivity contribution in [3.8, 4) is 17.1 Å². The molecular weight excluding hydrogens is 468 g/mol. The first kappa shape index (κ1) is 23.8. The molecule has 4 aromatic rings. The van der Waals surface area contributed by atoms with Crippen molar-refractivity contribution in [2.75, 3.05) is 11.5 Å². The highest BCUT2D eigenvalue weighted by Gasteiger charge is 2.35. The van der Waals surface area contributed by atoms with E-state index in [-0.39, 0.29) is 6.04 Å². The van der Waals surface area contributed by atoms with Gasteiger partial charge in [-0.15, -0.1) is 0 Å². The third-order valence-electron chi connectivity index (χ3n) is 6.45. The van der Waals surface area contributed by atoms with Crippen molar-refractivity contribution in [2.24, 2.45) is 0 Å². The van der Waals surface area contributed by atoms with E-state index < -0.39 is 0 Å². The van der Waals surface area contributed by atoms with Crippen molar-refractivity contribution in [1.82, 2.24) is 15.5 Å². The van der Waals surface area contributed by atoms with Crippen LogP contribution in [0.5, 0.6) is 5.75 Å². The largest absolute Gasteiger partial charge is 0.494 e. The van der Waals surface area contributed by atoms with Gasteiger partial charge in [-0.05, 0) is 80.9 Å². The lowest BCUT2D eigenvalue weighted by Crippen LogP contribution is -2.46. The topological polar surface area (TPSA) is 63.4 Å². The average molecular weight is 497 g/mol. The molecule has 0 spiro atoms. The molecule has 5 rings (SSSR count). The van der Waals surface area contributed by atoms with Crippen LogP contribution < -0.4 is 15.0 Å². The Morgan fingerprint density at radius 3 is 2.42 bits per heavy atom. The van der Waals surface area contributed by atoms with Gasteiger partial charge in [0.1, 0.15) is 5.75 Å². The van der Waals surface area contributed by atoms with E-state index >= 15 is 0 Å². The summed E-state index contributed by atoms with van der Waals surface area (Å²) >= 11 is 5.88. The van der Waals surface area contributed by atoms with Crippen LogP contribution in [-0.2, 0) is 0 Å². The fraction of sp³-hybridized carbons (Fsp3) is 0.207. The maximum Gasteiger partial charge on any atom is 0.258 e. The molecule has 1 N–H and O–H groups in total. The zero-order chi connectivity index (χ0) is 25.2. The summed E-state index contributed by atoms with van der Waals surface area (Å²) in [6, 6.07) is 23.9. The number of benzene rings is 3. The summed E-state index contributed by atoms with van der Waals surface area (Å²) in [5.74, 6) is 1.82. The number of rotatable bonds is 6. The number of aromatic nitrogens is 2. The number of hydrogen-bond donors (Lipinski definition) is 1. The van der Waals surface area contributed by atoms with Crippen molar-refractivity contribution >= 4 is 28.6 Å². The normalized spacial score (nSPS) is 15.7. The summed E-state index contributed by atoms with van der Waals surface area (Å²) < 4.78 is 11.5. The predicted molar refractivity (Wildman–Crippen MR) is 147 cm³/mol. The van der Waals surface area contributed by atoms with Gasteiger partial charge in [0.05, 0.1) is 18.2 Å². The number of allylic oxidation sites excluding steroid dienone is 1. The zero-order valence-corrected chi connectivity index (χ0v) is 21.6. The van der Waals surface area contributed by atoms with Crippen LogP contribution in [0.25, 0.3) is 17.0 Å². The van der Waals surface area contributed by atoms with E-state index in [4.69, 9.17) is 26.5 Å². The minimum absolute atomic E-state index is 0.264. The maximum atomic E-state index is 5.88. The van der Waals surface area contributed by atoms with Crippen molar-refractivity contribution in [3.63, 3.8) is 0 Å². The molecule has 0 fully saturated rings. The van der Waals surface area contributed by atoms with E-state index in [2.05, 4.69) is 42.5 Å². The summed E-state index contributed by atoms with van der Waals surface area (Å²) in [5, 5.41) is 8.42.